The molecule has 1 N–H and O–H groups in total. The Kier molecular flexibility index (Phi) is 5.94. The molecule has 2 heteroatoms. The quantitative estimate of drug-likeness (QED) is 0.665. The van der Waals surface area contributed by atoms with Crippen molar-refractivity contribution in [1.82, 2.24) is 10.2 Å². The Labute approximate surface area is 108 Å². The minimum Gasteiger partial charge on any atom is -0.314 e. The van der Waals surface area contributed by atoms with Crippen molar-refractivity contribution in [2.75, 3.05) is 19.6 Å². The minimum absolute atomic E-state index is 0.367. The van der Waals surface area contributed by atoms with Gasteiger partial charge in [-0.25, -0.2) is 0 Å². The summed E-state index contributed by atoms with van der Waals surface area (Å²) in [6.45, 7) is 15.2. The summed E-state index contributed by atoms with van der Waals surface area (Å²) in [5, 5.41) is 3.58. The fourth-order valence-electron chi connectivity index (χ4n) is 2.43. The zero-order valence-electron chi connectivity index (χ0n) is 12.6. The first-order chi connectivity index (χ1) is 8.01. The summed E-state index contributed by atoms with van der Waals surface area (Å²) in [6, 6.07) is 1.49. The van der Waals surface area contributed by atoms with Crippen LogP contribution in [0.25, 0.3) is 0 Å². The highest BCUT2D eigenvalue weighted by Crippen LogP contribution is 2.31. The van der Waals surface area contributed by atoms with Crippen molar-refractivity contribution in [1.29, 1.82) is 0 Å². The zero-order chi connectivity index (χ0) is 12.9. The molecule has 1 fully saturated rings. The first-order valence-corrected chi connectivity index (χ1v) is 7.48. The lowest BCUT2D eigenvalue weighted by Crippen LogP contribution is -2.47. The standard InChI is InChI=1S/C15H32N2/c1-6-8-11-17(14-9-10-14)12-15(4,5)13(3)16-7-2/h13-14,16H,6-12H2,1-5H3. The van der Waals surface area contributed by atoms with Crippen LogP contribution in [0.2, 0.25) is 0 Å². The Morgan fingerprint density at radius 2 is 1.94 bits per heavy atom. The lowest BCUT2D eigenvalue weighted by Gasteiger charge is -2.37. The van der Waals surface area contributed by atoms with E-state index in [1.54, 1.807) is 0 Å². The molecule has 1 rings (SSSR count). The van der Waals surface area contributed by atoms with Crippen molar-refractivity contribution in [3.8, 4) is 0 Å². The van der Waals surface area contributed by atoms with Crippen molar-refractivity contribution in [2.24, 2.45) is 5.41 Å². The number of hydrogen-bond donors (Lipinski definition) is 1. The predicted molar refractivity (Wildman–Crippen MR) is 76.4 cm³/mol. The summed E-state index contributed by atoms with van der Waals surface area (Å²) >= 11 is 0. The van der Waals surface area contributed by atoms with Gasteiger partial charge in [0, 0.05) is 18.6 Å². The van der Waals surface area contributed by atoms with Gasteiger partial charge in [-0.3, -0.25) is 4.90 Å². The van der Waals surface area contributed by atoms with Crippen LogP contribution in [0.15, 0.2) is 0 Å². The van der Waals surface area contributed by atoms with Crippen molar-refractivity contribution in [3.63, 3.8) is 0 Å². The molecule has 2 nitrogen and oxygen atoms in total. The molecule has 0 heterocycles. The molecule has 0 amide bonds. The molecule has 0 saturated heterocycles. The SMILES string of the molecule is CCCCN(CC(C)(C)C(C)NCC)C1CC1. The maximum atomic E-state index is 3.58. The molecule has 0 aromatic rings. The molecular formula is C15H32N2. The number of nitrogens with one attached hydrogen (secondary N) is 1. The number of rotatable bonds is 9. The van der Waals surface area contributed by atoms with E-state index in [4.69, 9.17) is 0 Å². The average Bonchev–Trinajstić information content (AvgIpc) is 3.08. The van der Waals surface area contributed by atoms with E-state index in [0.29, 0.717) is 11.5 Å². The van der Waals surface area contributed by atoms with E-state index < -0.39 is 0 Å². The van der Waals surface area contributed by atoms with Crippen LogP contribution < -0.4 is 5.32 Å². The average molecular weight is 240 g/mol. The lowest BCUT2D eigenvalue weighted by atomic mass is 9.84. The van der Waals surface area contributed by atoms with E-state index in [1.807, 2.05) is 0 Å². The van der Waals surface area contributed by atoms with E-state index in [9.17, 15) is 0 Å². The van der Waals surface area contributed by atoms with Gasteiger partial charge in [0.05, 0.1) is 0 Å². The molecule has 1 saturated carbocycles. The molecule has 17 heavy (non-hydrogen) atoms. The van der Waals surface area contributed by atoms with Crippen LogP contribution in [0.4, 0.5) is 0 Å². The van der Waals surface area contributed by atoms with Crippen molar-refractivity contribution < 1.29 is 0 Å². The van der Waals surface area contributed by atoms with Crippen LogP contribution >= 0.6 is 0 Å². The second kappa shape index (κ2) is 6.75. The van der Waals surface area contributed by atoms with E-state index in [2.05, 4.69) is 44.8 Å². The Hall–Kier alpha value is -0.0800. The molecule has 0 aliphatic heterocycles. The maximum absolute atomic E-state index is 3.58. The summed E-state index contributed by atoms with van der Waals surface area (Å²) in [6.07, 6.45) is 5.51. The third-order valence-electron chi connectivity index (χ3n) is 4.16. The fourth-order valence-corrected chi connectivity index (χ4v) is 2.43. The molecule has 1 aliphatic carbocycles. The molecule has 1 atom stereocenters. The van der Waals surface area contributed by atoms with Crippen molar-refractivity contribution >= 4 is 0 Å². The van der Waals surface area contributed by atoms with Gasteiger partial charge < -0.3 is 5.32 Å². The Morgan fingerprint density at radius 1 is 1.29 bits per heavy atom. The van der Waals surface area contributed by atoms with Crippen LogP contribution in [-0.2, 0) is 0 Å². The second-order valence-corrected chi connectivity index (χ2v) is 6.32. The Bertz CT molecular complexity index is 209. The fraction of sp³-hybridized carbons (Fsp3) is 1.00. The van der Waals surface area contributed by atoms with Gasteiger partial charge in [-0.2, -0.15) is 0 Å². The van der Waals surface area contributed by atoms with Gasteiger partial charge in [0.2, 0.25) is 0 Å². The van der Waals surface area contributed by atoms with Gasteiger partial charge in [0.15, 0.2) is 0 Å². The first-order valence-electron chi connectivity index (χ1n) is 7.48. The summed E-state index contributed by atoms with van der Waals surface area (Å²) in [5.74, 6) is 0. The number of nitrogens with zero attached hydrogens (tertiary/aromatic N) is 1. The third kappa shape index (κ3) is 4.97. The number of hydrogen-bond acceptors (Lipinski definition) is 2. The highest BCUT2D eigenvalue weighted by Gasteiger charge is 2.34. The molecule has 0 spiro atoms. The highest BCUT2D eigenvalue weighted by molar-refractivity contribution is 4.90. The zero-order valence-corrected chi connectivity index (χ0v) is 12.6. The molecule has 0 aromatic heterocycles. The molecular weight excluding hydrogens is 208 g/mol. The smallest absolute Gasteiger partial charge is 0.0102 e. The van der Waals surface area contributed by atoms with Gasteiger partial charge >= 0.3 is 0 Å². The minimum atomic E-state index is 0.367. The van der Waals surface area contributed by atoms with Crippen LogP contribution in [0.5, 0.6) is 0 Å². The largest absolute Gasteiger partial charge is 0.314 e. The maximum Gasteiger partial charge on any atom is 0.0102 e. The topological polar surface area (TPSA) is 15.3 Å². The van der Waals surface area contributed by atoms with Gasteiger partial charge in [-0.05, 0) is 44.7 Å². The van der Waals surface area contributed by atoms with Crippen LogP contribution in [0.3, 0.4) is 0 Å². The van der Waals surface area contributed by atoms with Crippen molar-refractivity contribution in [3.05, 3.63) is 0 Å². The van der Waals surface area contributed by atoms with Gasteiger partial charge in [-0.15, -0.1) is 0 Å². The lowest BCUT2D eigenvalue weighted by molar-refractivity contribution is 0.135. The van der Waals surface area contributed by atoms with E-state index in [1.165, 1.54) is 38.8 Å². The Balaban J connectivity index is 2.46. The summed E-state index contributed by atoms with van der Waals surface area (Å²) in [5.41, 5.74) is 0.367. The first kappa shape index (κ1) is 15.0. The molecule has 0 aromatic carbocycles. The third-order valence-corrected chi connectivity index (χ3v) is 4.16. The van der Waals surface area contributed by atoms with Crippen molar-refractivity contribution in [2.45, 2.75) is 72.4 Å². The van der Waals surface area contributed by atoms with Gasteiger partial charge in [0.25, 0.3) is 0 Å². The molecule has 0 radical (unpaired) electrons. The number of unbranched alkanes of at least 4 members (excludes halogenated alkanes) is 1. The summed E-state index contributed by atoms with van der Waals surface area (Å²) < 4.78 is 0. The monoisotopic (exact) mass is 240 g/mol. The Morgan fingerprint density at radius 3 is 2.41 bits per heavy atom. The summed E-state index contributed by atoms with van der Waals surface area (Å²) in [7, 11) is 0. The second-order valence-electron chi connectivity index (χ2n) is 6.32. The summed E-state index contributed by atoms with van der Waals surface area (Å²) in [4.78, 5) is 2.73. The molecule has 1 unspecified atom stereocenters. The molecule has 0 bridgehead atoms. The highest BCUT2D eigenvalue weighted by atomic mass is 15.2. The molecule has 1 aliphatic rings. The predicted octanol–water partition coefficient (Wildman–Crippen LogP) is 3.28. The van der Waals surface area contributed by atoms with E-state index in [-0.39, 0.29) is 0 Å². The van der Waals surface area contributed by atoms with Gasteiger partial charge in [0.1, 0.15) is 0 Å². The normalized spacial score (nSPS) is 18.7. The van der Waals surface area contributed by atoms with Crippen LogP contribution in [-0.4, -0.2) is 36.6 Å². The van der Waals surface area contributed by atoms with E-state index in [0.717, 1.165) is 12.6 Å². The van der Waals surface area contributed by atoms with E-state index >= 15 is 0 Å². The van der Waals surface area contributed by atoms with Crippen LogP contribution in [0.1, 0.15) is 60.3 Å². The van der Waals surface area contributed by atoms with Crippen LogP contribution in [0, 0.1) is 5.41 Å². The molecule has 102 valence electrons. The van der Waals surface area contributed by atoms with Gasteiger partial charge in [-0.1, -0.05) is 34.1 Å².